The van der Waals surface area contributed by atoms with Gasteiger partial charge in [-0.3, -0.25) is 9.10 Å². The maximum Gasteiger partial charge on any atom is 0.264 e. The molecule has 34 heavy (non-hydrogen) atoms. The van der Waals surface area contributed by atoms with E-state index in [0.29, 0.717) is 10.7 Å². The quantitative estimate of drug-likeness (QED) is 0.474. The standard InChI is InChI=1S/C26H28ClN3O3S/c1-20(21-9-13-23(14-10-21)29-17-5-6-18-29)28-26(31)19-30(24-7-3-2-4-8-24)34(32,33)25-15-11-22(27)12-16-25/h2-4,7-16,20H,5-6,17-19H2,1H3,(H,28,31). The van der Waals surface area contributed by atoms with Gasteiger partial charge in [-0.2, -0.15) is 0 Å². The molecule has 8 heteroatoms. The van der Waals surface area contributed by atoms with Crippen LogP contribution in [0.25, 0.3) is 0 Å². The number of carbonyl (C=O) groups excluding carboxylic acids is 1. The lowest BCUT2D eigenvalue weighted by atomic mass is 10.1. The van der Waals surface area contributed by atoms with Crippen LogP contribution in [0.1, 0.15) is 31.4 Å². The van der Waals surface area contributed by atoms with Gasteiger partial charge in [0.15, 0.2) is 0 Å². The smallest absolute Gasteiger partial charge is 0.264 e. The SMILES string of the molecule is CC(NC(=O)CN(c1ccccc1)S(=O)(=O)c1ccc(Cl)cc1)c1ccc(N2CCCC2)cc1. The average Bonchev–Trinajstić information content (AvgIpc) is 3.38. The van der Waals surface area contributed by atoms with E-state index in [1.54, 1.807) is 30.3 Å². The van der Waals surface area contributed by atoms with Gasteiger partial charge in [-0.1, -0.05) is 41.9 Å². The maximum atomic E-state index is 13.4. The molecule has 4 rings (SSSR count). The van der Waals surface area contributed by atoms with Crippen LogP contribution in [0, 0.1) is 0 Å². The fourth-order valence-corrected chi connectivity index (χ4v) is 5.64. The Balaban J connectivity index is 1.50. The van der Waals surface area contributed by atoms with Crippen molar-refractivity contribution in [2.24, 2.45) is 0 Å². The molecule has 1 aliphatic rings. The van der Waals surface area contributed by atoms with E-state index in [9.17, 15) is 13.2 Å². The second-order valence-electron chi connectivity index (χ2n) is 8.38. The van der Waals surface area contributed by atoms with Crippen LogP contribution < -0.4 is 14.5 Å². The van der Waals surface area contributed by atoms with Crippen molar-refractivity contribution in [2.75, 3.05) is 28.8 Å². The number of halogens is 1. The monoisotopic (exact) mass is 497 g/mol. The summed E-state index contributed by atoms with van der Waals surface area (Å²) < 4.78 is 27.9. The van der Waals surface area contributed by atoms with Crippen molar-refractivity contribution in [1.29, 1.82) is 0 Å². The van der Waals surface area contributed by atoms with E-state index in [0.717, 1.165) is 23.0 Å². The molecule has 0 aromatic heterocycles. The molecule has 0 spiro atoms. The Morgan fingerprint density at radius 3 is 2.21 bits per heavy atom. The van der Waals surface area contributed by atoms with Gasteiger partial charge < -0.3 is 10.2 Å². The molecule has 1 N–H and O–H groups in total. The van der Waals surface area contributed by atoms with Crippen LogP contribution in [-0.4, -0.2) is 34.0 Å². The number of nitrogens with one attached hydrogen (secondary N) is 1. The second kappa shape index (κ2) is 10.5. The minimum absolute atomic E-state index is 0.0686. The first-order valence-electron chi connectivity index (χ1n) is 11.3. The minimum Gasteiger partial charge on any atom is -0.372 e. The number of carbonyl (C=O) groups is 1. The van der Waals surface area contributed by atoms with Gasteiger partial charge in [-0.15, -0.1) is 0 Å². The highest BCUT2D eigenvalue weighted by Gasteiger charge is 2.27. The molecule has 178 valence electrons. The molecule has 1 aliphatic heterocycles. The lowest BCUT2D eigenvalue weighted by Crippen LogP contribution is -2.41. The van der Waals surface area contributed by atoms with Crippen molar-refractivity contribution in [3.8, 4) is 0 Å². The summed E-state index contributed by atoms with van der Waals surface area (Å²) in [7, 11) is -3.97. The highest BCUT2D eigenvalue weighted by molar-refractivity contribution is 7.92. The number of nitrogens with zero attached hydrogens (tertiary/aromatic N) is 2. The summed E-state index contributed by atoms with van der Waals surface area (Å²) in [6.07, 6.45) is 2.43. The number of amides is 1. The van der Waals surface area contributed by atoms with Crippen molar-refractivity contribution >= 4 is 38.9 Å². The third-order valence-electron chi connectivity index (χ3n) is 5.97. The highest BCUT2D eigenvalue weighted by atomic mass is 35.5. The van der Waals surface area contributed by atoms with E-state index < -0.39 is 15.9 Å². The summed E-state index contributed by atoms with van der Waals surface area (Å²) in [5, 5.41) is 3.38. The average molecular weight is 498 g/mol. The highest BCUT2D eigenvalue weighted by Crippen LogP contribution is 2.25. The van der Waals surface area contributed by atoms with Crippen LogP contribution in [0.2, 0.25) is 5.02 Å². The number of benzene rings is 3. The summed E-state index contributed by atoms with van der Waals surface area (Å²) >= 11 is 5.93. The predicted octanol–water partition coefficient (Wildman–Crippen LogP) is 5.01. The zero-order valence-electron chi connectivity index (χ0n) is 19.0. The molecule has 1 unspecified atom stereocenters. The topological polar surface area (TPSA) is 69.7 Å². The van der Waals surface area contributed by atoms with Crippen molar-refractivity contribution in [3.63, 3.8) is 0 Å². The molecule has 6 nitrogen and oxygen atoms in total. The molecule has 3 aromatic rings. The van der Waals surface area contributed by atoms with Gasteiger partial charge in [-0.25, -0.2) is 8.42 Å². The Bertz CT molecular complexity index is 1210. The third kappa shape index (κ3) is 5.54. The van der Waals surface area contributed by atoms with Crippen LogP contribution in [-0.2, 0) is 14.8 Å². The molecule has 0 bridgehead atoms. The van der Waals surface area contributed by atoms with Crippen molar-refractivity contribution in [3.05, 3.63) is 89.4 Å². The summed E-state index contributed by atoms with van der Waals surface area (Å²) in [5.41, 5.74) is 2.56. The van der Waals surface area contributed by atoms with E-state index in [1.807, 2.05) is 19.1 Å². The van der Waals surface area contributed by atoms with Crippen LogP contribution in [0.15, 0.2) is 83.8 Å². The molecule has 1 atom stereocenters. The molecule has 1 amide bonds. The number of anilines is 2. The largest absolute Gasteiger partial charge is 0.372 e. The fraction of sp³-hybridized carbons (Fsp3) is 0.269. The Hall–Kier alpha value is -3.03. The van der Waals surface area contributed by atoms with E-state index in [2.05, 4.69) is 22.3 Å². The Morgan fingerprint density at radius 1 is 0.971 bits per heavy atom. The first-order chi connectivity index (χ1) is 16.3. The van der Waals surface area contributed by atoms with E-state index in [1.165, 1.54) is 42.8 Å². The molecule has 0 radical (unpaired) electrons. The molecular formula is C26H28ClN3O3S. The van der Waals surface area contributed by atoms with E-state index in [4.69, 9.17) is 11.6 Å². The molecule has 1 fully saturated rings. The maximum absolute atomic E-state index is 13.4. The normalized spacial score (nSPS) is 14.6. The number of rotatable bonds is 8. The van der Waals surface area contributed by atoms with Gasteiger partial charge in [0.2, 0.25) is 5.91 Å². The summed E-state index contributed by atoms with van der Waals surface area (Å²) in [5.74, 6) is -0.391. The van der Waals surface area contributed by atoms with Crippen LogP contribution in [0.4, 0.5) is 11.4 Å². The molecule has 0 saturated carbocycles. The van der Waals surface area contributed by atoms with Gasteiger partial charge in [0.1, 0.15) is 6.54 Å². The Labute approximate surface area is 206 Å². The predicted molar refractivity (Wildman–Crippen MR) is 137 cm³/mol. The number of para-hydroxylation sites is 1. The Morgan fingerprint density at radius 2 is 1.59 bits per heavy atom. The van der Waals surface area contributed by atoms with Gasteiger partial charge >= 0.3 is 0 Å². The summed E-state index contributed by atoms with van der Waals surface area (Å²) in [6.45, 7) is 3.70. The molecule has 0 aliphatic carbocycles. The second-order valence-corrected chi connectivity index (χ2v) is 10.7. The van der Waals surface area contributed by atoms with Crippen LogP contribution >= 0.6 is 11.6 Å². The van der Waals surface area contributed by atoms with E-state index >= 15 is 0 Å². The van der Waals surface area contributed by atoms with Gasteiger partial charge in [0.25, 0.3) is 10.0 Å². The van der Waals surface area contributed by atoms with Crippen LogP contribution in [0.3, 0.4) is 0 Å². The first-order valence-corrected chi connectivity index (χ1v) is 13.1. The number of hydrogen-bond donors (Lipinski definition) is 1. The molecule has 1 saturated heterocycles. The fourth-order valence-electron chi connectivity index (χ4n) is 4.09. The number of hydrogen-bond acceptors (Lipinski definition) is 4. The van der Waals surface area contributed by atoms with Crippen molar-refractivity contribution < 1.29 is 13.2 Å². The van der Waals surface area contributed by atoms with Crippen molar-refractivity contribution in [2.45, 2.75) is 30.7 Å². The van der Waals surface area contributed by atoms with Gasteiger partial charge in [-0.05, 0) is 73.9 Å². The lowest BCUT2D eigenvalue weighted by Gasteiger charge is -2.25. The van der Waals surface area contributed by atoms with Gasteiger partial charge in [0.05, 0.1) is 16.6 Å². The zero-order valence-corrected chi connectivity index (χ0v) is 20.6. The van der Waals surface area contributed by atoms with Crippen molar-refractivity contribution in [1.82, 2.24) is 5.32 Å². The van der Waals surface area contributed by atoms with Crippen LogP contribution in [0.5, 0.6) is 0 Å². The lowest BCUT2D eigenvalue weighted by molar-refractivity contribution is -0.120. The number of sulfonamides is 1. The summed E-state index contributed by atoms with van der Waals surface area (Å²) in [6, 6.07) is 22.4. The minimum atomic E-state index is -3.97. The van der Waals surface area contributed by atoms with Gasteiger partial charge in [0, 0.05) is 23.8 Å². The zero-order chi connectivity index (χ0) is 24.1. The molecular weight excluding hydrogens is 470 g/mol. The third-order valence-corrected chi connectivity index (χ3v) is 8.01. The molecule has 1 heterocycles. The first kappa shape index (κ1) is 24.1. The summed E-state index contributed by atoms with van der Waals surface area (Å²) in [4.78, 5) is 15.4. The molecule has 3 aromatic carbocycles. The van der Waals surface area contributed by atoms with E-state index in [-0.39, 0.29) is 17.5 Å². The Kier molecular flexibility index (Phi) is 7.44.